The van der Waals surface area contributed by atoms with Crippen molar-refractivity contribution in [3.05, 3.63) is 40.6 Å². The lowest BCUT2D eigenvalue weighted by atomic mass is 10.2. The molecular formula is C16H19NO3S. The molecule has 1 amide bonds. The van der Waals surface area contributed by atoms with Gasteiger partial charge in [0.2, 0.25) is 5.91 Å². The van der Waals surface area contributed by atoms with Gasteiger partial charge < -0.3 is 14.8 Å². The third kappa shape index (κ3) is 4.49. The van der Waals surface area contributed by atoms with Crippen molar-refractivity contribution < 1.29 is 14.3 Å². The van der Waals surface area contributed by atoms with Gasteiger partial charge in [0.05, 0.1) is 25.3 Å². The summed E-state index contributed by atoms with van der Waals surface area (Å²) in [5.74, 6) is 1.30. The second-order valence-corrected chi connectivity index (χ2v) is 5.16. The van der Waals surface area contributed by atoms with Crippen molar-refractivity contribution >= 4 is 22.9 Å². The highest BCUT2D eigenvalue weighted by Crippen LogP contribution is 2.29. The number of carbonyl (C=O) groups excluding carboxylic acids is 1. The van der Waals surface area contributed by atoms with E-state index in [-0.39, 0.29) is 5.91 Å². The first kappa shape index (κ1) is 15.4. The van der Waals surface area contributed by atoms with E-state index in [4.69, 9.17) is 9.47 Å². The molecule has 1 N–H and O–H groups in total. The molecule has 0 fully saturated rings. The van der Waals surface area contributed by atoms with Gasteiger partial charge in [0.15, 0.2) is 0 Å². The third-order valence-electron chi connectivity index (χ3n) is 2.78. The minimum absolute atomic E-state index is 0.0667. The molecule has 0 aliphatic rings. The summed E-state index contributed by atoms with van der Waals surface area (Å²) in [6, 6.07) is 7.39. The smallest absolute Gasteiger partial charge is 0.228 e. The lowest BCUT2D eigenvalue weighted by Gasteiger charge is -2.13. The van der Waals surface area contributed by atoms with Gasteiger partial charge in [-0.1, -0.05) is 0 Å². The van der Waals surface area contributed by atoms with Crippen molar-refractivity contribution in [2.24, 2.45) is 0 Å². The number of anilines is 1. The maximum absolute atomic E-state index is 12.1. The minimum Gasteiger partial charge on any atom is -0.494 e. The highest BCUT2D eigenvalue weighted by molar-refractivity contribution is 7.08. The van der Waals surface area contributed by atoms with Crippen LogP contribution in [0.1, 0.15) is 19.4 Å². The van der Waals surface area contributed by atoms with E-state index >= 15 is 0 Å². The average Bonchev–Trinajstić information content (AvgIpc) is 2.95. The first-order valence-electron chi connectivity index (χ1n) is 6.93. The fraction of sp³-hybridized carbons (Fsp3) is 0.312. The van der Waals surface area contributed by atoms with Crippen molar-refractivity contribution in [1.82, 2.24) is 0 Å². The van der Waals surface area contributed by atoms with Crippen molar-refractivity contribution in [1.29, 1.82) is 0 Å². The Balaban J connectivity index is 2.11. The van der Waals surface area contributed by atoms with Crippen molar-refractivity contribution in [2.45, 2.75) is 20.3 Å². The zero-order valence-electron chi connectivity index (χ0n) is 12.2. The van der Waals surface area contributed by atoms with Gasteiger partial charge >= 0.3 is 0 Å². The molecule has 0 unspecified atom stereocenters. The highest BCUT2D eigenvalue weighted by Gasteiger charge is 2.10. The Labute approximate surface area is 128 Å². The monoisotopic (exact) mass is 305 g/mol. The summed E-state index contributed by atoms with van der Waals surface area (Å²) in [7, 11) is 0. The van der Waals surface area contributed by atoms with E-state index in [9.17, 15) is 4.79 Å². The van der Waals surface area contributed by atoms with Crippen LogP contribution in [0.3, 0.4) is 0 Å². The maximum atomic E-state index is 12.1. The van der Waals surface area contributed by atoms with Gasteiger partial charge in [0.25, 0.3) is 0 Å². The third-order valence-corrected chi connectivity index (χ3v) is 3.51. The van der Waals surface area contributed by atoms with Crippen LogP contribution in [0.15, 0.2) is 35.0 Å². The number of rotatable bonds is 7. The predicted octanol–water partition coefficient (Wildman–Crippen LogP) is 3.73. The van der Waals surface area contributed by atoms with Gasteiger partial charge in [-0.3, -0.25) is 4.79 Å². The van der Waals surface area contributed by atoms with Crippen molar-refractivity contribution in [3.8, 4) is 11.5 Å². The Morgan fingerprint density at radius 2 is 2.00 bits per heavy atom. The van der Waals surface area contributed by atoms with Crippen LogP contribution in [0.2, 0.25) is 0 Å². The Kier molecular flexibility index (Phi) is 5.63. The molecule has 1 heterocycles. The molecule has 2 aromatic rings. The zero-order valence-corrected chi connectivity index (χ0v) is 13.0. The van der Waals surface area contributed by atoms with Crippen LogP contribution in [0.4, 0.5) is 5.69 Å². The molecule has 4 nitrogen and oxygen atoms in total. The number of thiophene rings is 1. The molecule has 1 aromatic heterocycles. The molecule has 0 saturated heterocycles. The van der Waals surface area contributed by atoms with Gasteiger partial charge in [0.1, 0.15) is 11.5 Å². The number of nitrogens with one attached hydrogen (secondary N) is 1. The van der Waals surface area contributed by atoms with E-state index in [1.54, 1.807) is 17.4 Å². The summed E-state index contributed by atoms with van der Waals surface area (Å²) >= 11 is 1.58. The molecular weight excluding hydrogens is 286 g/mol. The van der Waals surface area contributed by atoms with E-state index in [0.717, 1.165) is 5.56 Å². The van der Waals surface area contributed by atoms with Crippen molar-refractivity contribution in [3.63, 3.8) is 0 Å². The summed E-state index contributed by atoms with van der Waals surface area (Å²) < 4.78 is 11.0. The number of hydrogen-bond donors (Lipinski definition) is 1. The average molecular weight is 305 g/mol. The first-order chi connectivity index (χ1) is 10.2. The van der Waals surface area contributed by atoms with Gasteiger partial charge in [-0.25, -0.2) is 0 Å². The molecule has 0 saturated carbocycles. The quantitative estimate of drug-likeness (QED) is 0.848. The van der Waals surface area contributed by atoms with Gasteiger partial charge in [-0.2, -0.15) is 11.3 Å². The number of amides is 1. The molecule has 0 aliphatic carbocycles. The zero-order chi connectivity index (χ0) is 15.1. The Bertz CT molecular complexity index is 581. The maximum Gasteiger partial charge on any atom is 0.228 e. The van der Waals surface area contributed by atoms with E-state index in [0.29, 0.717) is 36.8 Å². The number of ether oxygens (including phenoxy) is 2. The number of benzene rings is 1. The van der Waals surface area contributed by atoms with Crippen LogP contribution in [-0.2, 0) is 11.2 Å². The molecule has 0 radical (unpaired) electrons. The van der Waals surface area contributed by atoms with E-state index in [2.05, 4.69) is 5.32 Å². The molecule has 0 spiro atoms. The predicted molar refractivity (Wildman–Crippen MR) is 85.4 cm³/mol. The van der Waals surface area contributed by atoms with Crippen LogP contribution in [0.5, 0.6) is 11.5 Å². The number of hydrogen-bond acceptors (Lipinski definition) is 4. The summed E-state index contributed by atoms with van der Waals surface area (Å²) in [4.78, 5) is 12.1. The highest BCUT2D eigenvalue weighted by atomic mass is 32.1. The fourth-order valence-corrected chi connectivity index (χ4v) is 2.59. The molecule has 112 valence electrons. The largest absolute Gasteiger partial charge is 0.494 e. The molecule has 1 aromatic carbocycles. The molecule has 0 atom stereocenters. The summed E-state index contributed by atoms with van der Waals surface area (Å²) in [5, 5.41) is 6.83. The van der Waals surface area contributed by atoms with Crippen LogP contribution < -0.4 is 14.8 Å². The minimum atomic E-state index is -0.0667. The Morgan fingerprint density at radius 1 is 1.19 bits per heavy atom. The first-order valence-corrected chi connectivity index (χ1v) is 7.87. The lowest BCUT2D eigenvalue weighted by Crippen LogP contribution is -2.15. The topological polar surface area (TPSA) is 47.6 Å². The van der Waals surface area contributed by atoms with E-state index in [1.807, 2.05) is 42.8 Å². The normalized spacial score (nSPS) is 10.2. The fourth-order valence-electron chi connectivity index (χ4n) is 1.92. The SMILES string of the molecule is CCOc1ccc(OCC)c(NC(=O)Cc2ccsc2)c1. The molecule has 0 aliphatic heterocycles. The van der Waals surface area contributed by atoms with E-state index < -0.39 is 0 Å². The van der Waals surface area contributed by atoms with Crippen LogP contribution in [-0.4, -0.2) is 19.1 Å². The summed E-state index contributed by atoms with van der Waals surface area (Å²) in [6.45, 7) is 4.95. The second-order valence-electron chi connectivity index (χ2n) is 4.38. The second kappa shape index (κ2) is 7.69. The molecule has 2 rings (SSSR count). The van der Waals surface area contributed by atoms with Crippen molar-refractivity contribution in [2.75, 3.05) is 18.5 Å². The lowest BCUT2D eigenvalue weighted by molar-refractivity contribution is -0.115. The van der Waals surface area contributed by atoms with E-state index in [1.165, 1.54) is 0 Å². The van der Waals surface area contributed by atoms with Crippen LogP contribution in [0.25, 0.3) is 0 Å². The van der Waals surface area contributed by atoms with Gasteiger partial charge in [0, 0.05) is 6.07 Å². The van der Waals surface area contributed by atoms with Gasteiger partial charge in [-0.05, 0) is 48.4 Å². The Hall–Kier alpha value is -2.01. The van der Waals surface area contributed by atoms with Crippen LogP contribution in [0, 0.1) is 0 Å². The Morgan fingerprint density at radius 3 is 2.67 bits per heavy atom. The van der Waals surface area contributed by atoms with Crippen LogP contribution >= 0.6 is 11.3 Å². The van der Waals surface area contributed by atoms with Gasteiger partial charge in [-0.15, -0.1) is 0 Å². The summed E-state index contributed by atoms with van der Waals surface area (Å²) in [6.07, 6.45) is 0.355. The standard InChI is InChI=1S/C16H19NO3S/c1-3-19-13-5-6-15(20-4-2)14(10-13)17-16(18)9-12-7-8-21-11-12/h5-8,10-11H,3-4,9H2,1-2H3,(H,17,18). The summed E-state index contributed by atoms with van der Waals surface area (Å²) in [5.41, 5.74) is 1.65. The number of carbonyl (C=O) groups is 1. The molecule has 0 bridgehead atoms. The molecule has 5 heteroatoms. The molecule has 21 heavy (non-hydrogen) atoms.